The summed E-state index contributed by atoms with van der Waals surface area (Å²) in [6.45, 7) is 1.03. The Morgan fingerprint density at radius 2 is 0.990 bits per heavy atom. The SMILES string of the molecule is N=C1C=C(N)C(=Nc2c(CCCO)nn3ccccc23)C=C1Nc1c(OCCO)nn2ccccc12.N=C1C=C(N)C(Nc2ccc(N(CCO)CCO)cc2)=CC1=Nc1c(OCCO)nn2ccccc12.Nc1cc(N)c(Nc2c(OCCO)nn3ccccc23)cc1N=C1C=CC(=NCCO)C=C1. The van der Waals surface area contributed by atoms with Crippen LogP contribution in [-0.4, -0.2) is 194 Å². The summed E-state index contributed by atoms with van der Waals surface area (Å²) in [5.41, 5.74) is 39.0. The lowest BCUT2D eigenvalue weighted by Gasteiger charge is -2.23. The highest BCUT2D eigenvalue weighted by Gasteiger charge is 2.24. The van der Waals surface area contributed by atoms with Gasteiger partial charge < -0.3 is 93.7 Å². The van der Waals surface area contributed by atoms with Gasteiger partial charge in [-0.1, -0.05) is 24.3 Å². The number of ether oxygens (including phenoxy) is 3. The Bertz CT molecular complexity index is 5090. The van der Waals surface area contributed by atoms with Gasteiger partial charge in [0.1, 0.15) is 36.9 Å². The summed E-state index contributed by atoms with van der Waals surface area (Å²) >= 11 is 0. The second-order valence-electron chi connectivity index (χ2n) is 23.2. The Kier molecular flexibility index (Phi) is 24.6. The van der Waals surface area contributed by atoms with Gasteiger partial charge in [0.05, 0.1) is 154 Å². The van der Waals surface area contributed by atoms with E-state index in [9.17, 15) is 20.4 Å². The fourth-order valence-electron chi connectivity index (χ4n) is 11.0. The van der Waals surface area contributed by atoms with Gasteiger partial charge in [-0.2, -0.15) is 5.10 Å². The fourth-order valence-corrected chi connectivity index (χ4v) is 11.0. The van der Waals surface area contributed by atoms with Crippen LogP contribution in [0.25, 0.3) is 22.1 Å². The normalized spacial score (nSPS) is 14.2. The molecule has 0 aliphatic heterocycles. The third kappa shape index (κ3) is 17.9. The number of aromatic nitrogens is 8. The molecule has 0 fully saturated rings. The summed E-state index contributed by atoms with van der Waals surface area (Å²) in [5, 5.41) is 109. The number of nitrogens with zero attached hydrogens (tertiary/aromatic N) is 13. The van der Waals surface area contributed by atoms with Gasteiger partial charge in [-0.25, -0.2) is 33.0 Å². The number of hydrogen-bond acceptors (Lipinski definition) is 28. The van der Waals surface area contributed by atoms with E-state index in [1.807, 2.05) is 132 Å². The average molecular weight is 1430 g/mol. The van der Waals surface area contributed by atoms with Crippen LogP contribution in [-0.2, 0) is 6.42 Å². The smallest absolute Gasteiger partial charge is 0.260 e. The van der Waals surface area contributed by atoms with E-state index in [2.05, 4.69) is 51.3 Å². The second-order valence-corrected chi connectivity index (χ2v) is 23.2. The summed E-state index contributed by atoms with van der Waals surface area (Å²) in [5.74, 6) is 0.901. The first-order valence-corrected chi connectivity index (χ1v) is 33.3. The quantitative estimate of drug-likeness (QED) is 0.0154. The summed E-state index contributed by atoms with van der Waals surface area (Å²) in [7, 11) is 0. The molecule has 10 aromatic rings. The highest BCUT2D eigenvalue weighted by molar-refractivity contribution is 6.51. The van der Waals surface area contributed by atoms with Crippen LogP contribution < -0.4 is 58.0 Å². The molecule has 0 unspecified atom stereocenters. The fraction of sp³-hybridized carbons (Fsp3) is 0.205. The molecule has 3 aliphatic carbocycles. The van der Waals surface area contributed by atoms with Crippen LogP contribution >= 0.6 is 0 Å². The third-order valence-electron chi connectivity index (χ3n) is 15.9. The molecule has 0 amide bonds. The van der Waals surface area contributed by atoms with Gasteiger partial charge in [0.15, 0.2) is 5.69 Å². The number of nitrogen functional groups attached to an aromatic ring is 2. The molecule has 0 atom stereocenters. The number of fused-ring (bicyclic) bond motifs is 4. The van der Waals surface area contributed by atoms with Crippen LogP contribution in [0.5, 0.6) is 17.6 Å². The van der Waals surface area contributed by atoms with E-state index in [1.165, 1.54) is 6.08 Å². The van der Waals surface area contributed by atoms with Crippen LogP contribution in [0, 0.1) is 10.8 Å². The predicted molar refractivity (Wildman–Crippen MR) is 408 cm³/mol. The lowest BCUT2D eigenvalue weighted by atomic mass is 10.0. The third-order valence-corrected chi connectivity index (χ3v) is 15.9. The molecule has 32 heteroatoms. The highest BCUT2D eigenvalue weighted by atomic mass is 16.5. The van der Waals surface area contributed by atoms with Gasteiger partial charge in [0.25, 0.3) is 17.6 Å². The summed E-state index contributed by atoms with van der Waals surface area (Å²) in [6.07, 6.45) is 22.1. The summed E-state index contributed by atoms with van der Waals surface area (Å²) < 4.78 is 23.6. The van der Waals surface area contributed by atoms with Crippen LogP contribution in [0.2, 0.25) is 0 Å². The van der Waals surface area contributed by atoms with Crippen molar-refractivity contribution in [1.82, 2.24) is 38.5 Å². The molecule has 13 rings (SSSR count). The first-order chi connectivity index (χ1) is 51.2. The van der Waals surface area contributed by atoms with E-state index >= 15 is 0 Å². The number of nitrogens with two attached hydrogens (primary N) is 4. The molecule has 8 aromatic heterocycles. The molecule has 0 saturated carbocycles. The van der Waals surface area contributed by atoms with Gasteiger partial charge in [-0.05, 0) is 146 Å². The number of allylic oxidation sites excluding steroid dienone is 8. The molecule has 0 spiro atoms. The van der Waals surface area contributed by atoms with E-state index in [0.717, 1.165) is 39.3 Å². The summed E-state index contributed by atoms with van der Waals surface area (Å²) in [6, 6.07) is 33.4. The number of aliphatic imine (C=N–C) groups is 4. The first-order valence-electron chi connectivity index (χ1n) is 33.3. The minimum atomic E-state index is -0.163. The van der Waals surface area contributed by atoms with Crippen molar-refractivity contribution in [3.8, 4) is 17.6 Å². The molecule has 542 valence electrons. The topological polar surface area (TPSA) is 479 Å². The number of nitrogens with one attached hydrogen (secondary N) is 5. The zero-order valence-corrected chi connectivity index (χ0v) is 56.9. The number of benzene rings is 2. The maximum atomic E-state index is 9.32. The van der Waals surface area contributed by atoms with Crippen LogP contribution in [0.1, 0.15) is 12.1 Å². The lowest BCUT2D eigenvalue weighted by Crippen LogP contribution is -2.29. The predicted octanol–water partition coefficient (Wildman–Crippen LogP) is 5.91. The zero-order chi connectivity index (χ0) is 73.8. The number of hydrogen-bond donors (Lipinski definition) is 16. The van der Waals surface area contributed by atoms with Gasteiger partial charge in [-0.15, -0.1) is 15.3 Å². The Labute approximate surface area is 600 Å². The van der Waals surface area contributed by atoms with E-state index in [-0.39, 0.29) is 83.4 Å². The van der Waals surface area contributed by atoms with Gasteiger partial charge in [0, 0.05) is 55.9 Å². The number of anilines is 7. The van der Waals surface area contributed by atoms with Crippen LogP contribution in [0.4, 0.5) is 56.9 Å². The van der Waals surface area contributed by atoms with Crippen molar-refractivity contribution in [3.63, 3.8) is 0 Å². The Morgan fingerprint density at radius 1 is 0.467 bits per heavy atom. The molecule has 2 aromatic carbocycles. The Balaban J connectivity index is 0.000000158. The molecular formula is C73H80N22O10. The molecule has 0 radical (unpaired) electrons. The van der Waals surface area contributed by atoms with E-state index in [0.29, 0.717) is 135 Å². The van der Waals surface area contributed by atoms with Crippen LogP contribution in [0.15, 0.2) is 225 Å². The number of aliphatic hydroxyl groups excluding tert-OH is 7. The van der Waals surface area contributed by atoms with Gasteiger partial charge in [0.2, 0.25) is 0 Å². The second kappa shape index (κ2) is 35.2. The van der Waals surface area contributed by atoms with Gasteiger partial charge in [-0.3, -0.25) is 15.8 Å². The van der Waals surface area contributed by atoms with Crippen molar-refractivity contribution in [2.24, 2.45) is 31.4 Å². The number of rotatable bonds is 28. The number of aryl methyl sites for hydroxylation is 1. The van der Waals surface area contributed by atoms with E-state index in [4.69, 9.17) is 68.3 Å². The van der Waals surface area contributed by atoms with Crippen molar-refractivity contribution in [3.05, 3.63) is 211 Å². The van der Waals surface area contributed by atoms with Crippen molar-refractivity contribution in [2.75, 3.05) is 118 Å². The maximum Gasteiger partial charge on any atom is 0.260 e. The largest absolute Gasteiger partial charge is 0.473 e. The number of pyridine rings is 4. The van der Waals surface area contributed by atoms with E-state index in [1.54, 1.807) is 67.0 Å². The van der Waals surface area contributed by atoms with Crippen molar-refractivity contribution >= 4 is 113 Å². The number of aliphatic hydroxyl groups is 7. The standard InChI is InChI=1S/C25H26N8O3.C25H29N7O4.C23H25N7O3/c26-16-14-17(27)20(29-24-22-8-2-4-10-33(22)31-25(24)36-13-12-35)15-19(16)28-23-18(6-5-11-34)30-32-9-3-1-7-21(23)32;26-19-15-20(27)22(29-24-23-3-1-2-8-32(23)30-25(24)36-14-13-35)16-21(19)28-17-4-6-18(7-5-17)31(9-11-33)10-12-34;24-17-13-18(25)20(14-19(17)27-16-6-4-15(5-7-16)26-8-10-31)28-22-21-3-1-2-9-30(21)29-23(22)33-12-11-32/h1-4,7-10,14-15,27,29,34-35H,5-6,11-13,26H2;1-8,15-16,27-28,33-35H,9-14,26H2;1-7,9,13-14,28,31-32H,8,10-12,24-25H2. The first kappa shape index (κ1) is 73.4. The monoisotopic (exact) mass is 1420 g/mol. The minimum absolute atomic E-state index is 0.00330. The average Bonchev–Trinajstić information content (AvgIpc) is 1.70. The molecule has 20 N–H and O–H groups in total. The van der Waals surface area contributed by atoms with Crippen molar-refractivity contribution in [2.45, 2.75) is 12.8 Å². The Hall–Kier alpha value is -12.8. The van der Waals surface area contributed by atoms with Crippen LogP contribution in [0.3, 0.4) is 0 Å². The summed E-state index contributed by atoms with van der Waals surface area (Å²) in [4.78, 5) is 20.3. The lowest BCUT2D eigenvalue weighted by molar-refractivity contribution is 0.197. The van der Waals surface area contributed by atoms with E-state index < -0.39 is 0 Å². The molecule has 8 heterocycles. The molecule has 32 nitrogen and oxygen atoms in total. The van der Waals surface area contributed by atoms with Gasteiger partial charge >= 0.3 is 0 Å². The molecule has 105 heavy (non-hydrogen) atoms. The highest BCUT2D eigenvalue weighted by Crippen LogP contribution is 2.39. The minimum Gasteiger partial charge on any atom is -0.473 e. The van der Waals surface area contributed by atoms with Crippen molar-refractivity contribution in [1.29, 1.82) is 10.8 Å². The maximum absolute atomic E-state index is 9.32. The van der Waals surface area contributed by atoms with Crippen molar-refractivity contribution < 1.29 is 50.0 Å². The molecular weight excluding hydrogens is 1340 g/mol. The molecule has 3 aliphatic rings. The molecule has 0 bridgehead atoms. The zero-order valence-electron chi connectivity index (χ0n) is 56.9. The Morgan fingerprint density at radius 3 is 1.58 bits per heavy atom. The molecule has 0 saturated heterocycles.